The van der Waals surface area contributed by atoms with E-state index in [2.05, 4.69) is 42.8 Å². The predicted octanol–water partition coefficient (Wildman–Crippen LogP) is 5.65. The number of benzene rings is 2. The second-order valence-corrected chi connectivity index (χ2v) is 7.98. The van der Waals surface area contributed by atoms with Crippen molar-refractivity contribution < 1.29 is 9.15 Å². The van der Waals surface area contributed by atoms with E-state index < -0.39 is 0 Å². The molecule has 0 unspecified atom stereocenters. The van der Waals surface area contributed by atoms with Crippen LogP contribution in [0, 0.1) is 0 Å². The van der Waals surface area contributed by atoms with Crippen molar-refractivity contribution in [2.24, 2.45) is 0 Å². The molecule has 0 N–H and O–H groups in total. The summed E-state index contributed by atoms with van der Waals surface area (Å²) in [6.45, 7) is 0.565. The maximum atomic E-state index is 5.56. The van der Waals surface area contributed by atoms with Crippen LogP contribution in [0.4, 0.5) is 0 Å². The molecule has 0 saturated carbocycles. The first-order valence-electron chi connectivity index (χ1n) is 8.70. The quantitative estimate of drug-likeness (QED) is 0.337. The molecule has 0 radical (unpaired) electrons. The Morgan fingerprint density at radius 3 is 2.68 bits per heavy atom. The molecular formula is C21H18BrN3O2S. The second kappa shape index (κ2) is 8.67. The van der Waals surface area contributed by atoms with Crippen LogP contribution < -0.4 is 4.74 Å². The number of methoxy groups -OCH3 is 1. The number of hydrogen-bond donors (Lipinski definition) is 0. The standard InChI is InChI=1S/C21H18BrN3O2S/c1-26-18-5-2-4-16(12-18)20-23-24-21(25(20)13-19-6-3-11-27-19)28-14-15-7-9-17(22)10-8-15/h2-12H,13-14H2,1H3. The van der Waals surface area contributed by atoms with Crippen molar-refractivity contribution in [2.75, 3.05) is 7.11 Å². The molecule has 0 fully saturated rings. The molecule has 0 aliphatic rings. The molecule has 0 aliphatic carbocycles. The number of halogens is 1. The molecule has 2 heterocycles. The van der Waals surface area contributed by atoms with E-state index in [1.165, 1.54) is 5.56 Å². The SMILES string of the molecule is COc1cccc(-c2nnc(SCc3ccc(Br)cc3)n2Cc2ccco2)c1. The molecule has 0 aliphatic heterocycles. The van der Waals surface area contributed by atoms with Crippen molar-refractivity contribution in [3.63, 3.8) is 0 Å². The second-order valence-electron chi connectivity index (χ2n) is 6.12. The third-order valence-electron chi connectivity index (χ3n) is 4.22. The van der Waals surface area contributed by atoms with E-state index in [9.17, 15) is 0 Å². The Morgan fingerprint density at radius 1 is 1.07 bits per heavy atom. The molecule has 0 spiro atoms. The smallest absolute Gasteiger partial charge is 0.192 e. The van der Waals surface area contributed by atoms with Gasteiger partial charge in [0.05, 0.1) is 19.9 Å². The van der Waals surface area contributed by atoms with Gasteiger partial charge in [-0.05, 0) is 42.0 Å². The highest BCUT2D eigenvalue weighted by atomic mass is 79.9. The summed E-state index contributed by atoms with van der Waals surface area (Å²) < 4.78 is 14.1. The predicted molar refractivity (Wildman–Crippen MR) is 114 cm³/mol. The Kier molecular flexibility index (Phi) is 5.83. The fourth-order valence-corrected chi connectivity index (χ4v) is 3.96. The molecule has 0 atom stereocenters. The molecule has 0 amide bonds. The van der Waals surface area contributed by atoms with Crippen molar-refractivity contribution in [1.82, 2.24) is 14.8 Å². The maximum absolute atomic E-state index is 5.56. The lowest BCUT2D eigenvalue weighted by Crippen LogP contribution is -2.03. The fourth-order valence-electron chi connectivity index (χ4n) is 2.80. The van der Waals surface area contributed by atoms with Gasteiger partial charge in [0.2, 0.25) is 0 Å². The van der Waals surface area contributed by atoms with Crippen molar-refractivity contribution in [2.45, 2.75) is 17.5 Å². The summed E-state index contributed by atoms with van der Waals surface area (Å²) in [4.78, 5) is 0. The van der Waals surface area contributed by atoms with Crippen molar-refractivity contribution in [1.29, 1.82) is 0 Å². The van der Waals surface area contributed by atoms with Gasteiger partial charge in [0.25, 0.3) is 0 Å². The third kappa shape index (κ3) is 4.31. The van der Waals surface area contributed by atoms with Crippen molar-refractivity contribution in [3.8, 4) is 17.1 Å². The largest absolute Gasteiger partial charge is 0.497 e. The summed E-state index contributed by atoms with van der Waals surface area (Å²) in [5.74, 6) is 3.24. The lowest BCUT2D eigenvalue weighted by atomic mass is 10.2. The van der Waals surface area contributed by atoms with Crippen molar-refractivity contribution >= 4 is 27.7 Å². The first kappa shape index (κ1) is 18.8. The van der Waals surface area contributed by atoms with Gasteiger partial charge in [-0.25, -0.2) is 0 Å². The van der Waals surface area contributed by atoms with Crippen LogP contribution in [0.1, 0.15) is 11.3 Å². The highest BCUT2D eigenvalue weighted by Gasteiger charge is 2.16. The molecule has 0 bridgehead atoms. The van der Waals surface area contributed by atoms with E-state index in [0.717, 1.165) is 38.3 Å². The van der Waals surface area contributed by atoms with E-state index in [4.69, 9.17) is 9.15 Å². The zero-order chi connectivity index (χ0) is 19.3. The van der Waals surface area contributed by atoms with Gasteiger partial charge in [-0.1, -0.05) is 52.0 Å². The monoisotopic (exact) mass is 455 g/mol. The molecular weight excluding hydrogens is 438 g/mol. The molecule has 4 rings (SSSR count). The van der Waals surface area contributed by atoms with Crippen LogP contribution in [0.2, 0.25) is 0 Å². The summed E-state index contributed by atoms with van der Waals surface area (Å²) in [5, 5.41) is 9.75. The van der Waals surface area contributed by atoms with Crippen LogP contribution in [0.3, 0.4) is 0 Å². The number of hydrogen-bond acceptors (Lipinski definition) is 5. The minimum Gasteiger partial charge on any atom is -0.497 e. The summed E-state index contributed by atoms with van der Waals surface area (Å²) in [6, 6.07) is 20.0. The summed E-state index contributed by atoms with van der Waals surface area (Å²) in [6.07, 6.45) is 1.68. The Hall–Kier alpha value is -2.51. The average molecular weight is 456 g/mol. The fraction of sp³-hybridized carbons (Fsp3) is 0.143. The Bertz CT molecular complexity index is 1050. The summed E-state index contributed by atoms with van der Waals surface area (Å²) in [5.41, 5.74) is 2.18. The lowest BCUT2D eigenvalue weighted by molar-refractivity contribution is 0.415. The van der Waals surface area contributed by atoms with E-state index >= 15 is 0 Å². The molecule has 0 saturated heterocycles. The van der Waals surface area contributed by atoms with Crippen LogP contribution in [-0.4, -0.2) is 21.9 Å². The average Bonchev–Trinajstić information content (AvgIpc) is 3.38. The number of aromatic nitrogens is 3. The van der Waals surface area contributed by atoms with E-state index in [-0.39, 0.29) is 0 Å². The van der Waals surface area contributed by atoms with E-state index in [1.807, 2.05) is 48.5 Å². The Morgan fingerprint density at radius 2 is 1.93 bits per heavy atom. The number of nitrogens with zero attached hydrogens (tertiary/aromatic N) is 3. The summed E-state index contributed by atoms with van der Waals surface area (Å²) >= 11 is 5.13. The van der Waals surface area contributed by atoms with Crippen LogP contribution in [0.5, 0.6) is 5.75 Å². The normalized spacial score (nSPS) is 10.9. The first-order chi connectivity index (χ1) is 13.7. The molecule has 5 nitrogen and oxygen atoms in total. The molecule has 4 aromatic rings. The molecule has 2 aromatic carbocycles. The van der Waals surface area contributed by atoms with Gasteiger partial charge in [0.15, 0.2) is 11.0 Å². The maximum Gasteiger partial charge on any atom is 0.192 e. The van der Waals surface area contributed by atoms with Crippen LogP contribution in [0.15, 0.2) is 81.0 Å². The van der Waals surface area contributed by atoms with Gasteiger partial charge in [-0.3, -0.25) is 4.57 Å². The highest BCUT2D eigenvalue weighted by molar-refractivity contribution is 9.10. The van der Waals surface area contributed by atoms with E-state index in [0.29, 0.717) is 6.54 Å². The van der Waals surface area contributed by atoms with Gasteiger partial charge in [-0.2, -0.15) is 0 Å². The zero-order valence-electron chi connectivity index (χ0n) is 15.2. The number of thioether (sulfide) groups is 1. The van der Waals surface area contributed by atoms with Crippen LogP contribution in [-0.2, 0) is 12.3 Å². The molecule has 142 valence electrons. The van der Waals surface area contributed by atoms with Crippen LogP contribution >= 0.6 is 27.7 Å². The molecule has 28 heavy (non-hydrogen) atoms. The Balaban J connectivity index is 1.65. The minimum absolute atomic E-state index is 0.565. The van der Waals surface area contributed by atoms with E-state index in [1.54, 1.807) is 25.1 Å². The van der Waals surface area contributed by atoms with Gasteiger partial charge in [-0.15, -0.1) is 10.2 Å². The highest BCUT2D eigenvalue weighted by Crippen LogP contribution is 2.29. The Labute approximate surface area is 175 Å². The summed E-state index contributed by atoms with van der Waals surface area (Å²) in [7, 11) is 1.66. The molecule has 7 heteroatoms. The lowest BCUT2D eigenvalue weighted by Gasteiger charge is -2.10. The first-order valence-corrected chi connectivity index (χ1v) is 10.5. The van der Waals surface area contributed by atoms with Gasteiger partial charge >= 0.3 is 0 Å². The van der Waals surface area contributed by atoms with Gasteiger partial charge in [0, 0.05) is 15.8 Å². The van der Waals surface area contributed by atoms with Gasteiger partial charge in [0.1, 0.15) is 11.5 Å². The number of ether oxygens (including phenoxy) is 1. The third-order valence-corrected chi connectivity index (χ3v) is 5.79. The topological polar surface area (TPSA) is 53.1 Å². The zero-order valence-corrected chi connectivity index (χ0v) is 17.6. The van der Waals surface area contributed by atoms with Gasteiger partial charge < -0.3 is 9.15 Å². The van der Waals surface area contributed by atoms with Crippen molar-refractivity contribution in [3.05, 3.63) is 82.7 Å². The van der Waals surface area contributed by atoms with Crippen LogP contribution in [0.25, 0.3) is 11.4 Å². The molecule has 2 aromatic heterocycles. The minimum atomic E-state index is 0.565. The number of furan rings is 1. The number of rotatable bonds is 7.